The van der Waals surface area contributed by atoms with Crippen molar-refractivity contribution in [1.82, 2.24) is 0 Å². The number of nitrogens with zero attached hydrogens (tertiary/aromatic N) is 1. The van der Waals surface area contributed by atoms with Gasteiger partial charge in [0.25, 0.3) is 5.69 Å². The van der Waals surface area contributed by atoms with Crippen LogP contribution in [0.3, 0.4) is 0 Å². The molecule has 0 amide bonds. The second kappa shape index (κ2) is 5.42. The maximum atomic E-state index is 12.4. The third-order valence-corrected chi connectivity index (χ3v) is 3.43. The highest BCUT2D eigenvalue weighted by Crippen LogP contribution is 2.29. The van der Waals surface area contributed by atoms with Gasteiger partial charge in [0, 0.05) is 6.07 Å². The largest absolute Gasteiger partial charge is 0.464 e. The molecule has 2 aromatic carbocycles. The van der Waals surface area contributed by atoms with Crippen LogP contribution >= 0.6 is 0 Å². The summed E-state index contributed by atoms with van der Waals surface area (Å²) in [6.07, 6.45) is -0.283. The van der Waals surface area contributed by atoms with Gasteiger partial charge in [-0.25, -0.2) is 0 Å². The van der Waals surface area contributed by atoms with E-state index < -0.39 is 16.5 Å². The molecule has 0 aliphatic carbocycles. The van der Waals surface area contributed by atoms with Crippen molar-refractivity contribution < 1.29 is 14.4 Å². The van der Waals surface area contributed by atoms with Gasteiger partial charge in [0.05, 0.1) is 21.4 Å². The van der Waals surface area contributed by atoms with Gasteiger partial charge in [-0.2, -0.15) is 0 Å². The van der Waals surface area contributed by atoms with Crippen molar-refractivity contribution in [3.8, 4) is 0 Å². The number of nitro groups is 1. The van der Waals surface area contributed by atoms with Crippen molar-refractivity contribution in [1.29, 1.82) is 0 Å². The topological polar surface area (TPSA) is 93.6 Å². The summed E-state index contributed by atoms with van der Waals surface area (Å²) in [7, 11) is 0. The fourth-order valence-corrected chi connectivity index (χ4v) is 2.33. The second-order valence-corrected chi connectivity index (χ2v) is 4.73. The molecule has 0 aliphatic rings. The fraction of sp³-hybridized carbons (Fsp3) is 0.0625. The van der Waals surface area contributed by atoms with Crippen molar-refractivity contribution in [3.05, 3.63) is 86.3 Å². The molecule has 0 radical (unpaired) electrons. The molecule has 6 nitrogen and oxygen atoms in total. The van der Waals surface area contributed by atoms with E-state index in [1.54, 1.807) is 30.3 Å². The number of nitro benzene ring substituents is 1. The first kappa shape index (κ1) is 14.0. The number of hydrogen-bond acceptors (Lipinski definition) is 5. The lowest BCUT2D eigenvalue weighted by Gasteiger charge is -2.11. The maximum Gasteiger partial charge on any atom is 0.275 e. The van der Waals surface area contributed by atoms with E-state index in [1.807, 2.05) is 0 Å². The van der Waals surface area contributed by atoms with Crippen LogP contribution in [0.1, 0.15) is 17.2 Å². The molecule has 0 spiro atoms. The zero-order valence-electron chi connectivity index (χ0n) is 11.3. The number of aliphatic hydroxyl groups excluding tert-OH is 1. The van der Waals surface area contributed by atoms with E-state index in [0.717, 1.165) is 6.26 Å². The van der Waals surface area contributed by atoms with Crippen LogP contribution in [-0.2, 0) is 0 Å². The van der Waals surface area contributed by atoms with E-state index in [4.69, 9.17) is 4.42 Å². The van der Waals surface area contributed by atoms with Gasteiger partial charge in [0.1, 0.15) is 18.0 Å². The standard InChI is InChI=1S/C16H11NO5/c18-15(10-5-1-3-7-13(10)17(20)21)12-9-22-14-8-4-2-6-11(14)16(12)19/h1-9,15,18H. The Morgan fingerprint density at radius 3 is 2.50 bits per heavy atom. The van der Waals surface area contributed by atoms with Crippen LogP contribution < -0.4 is 5.43 Å². The van der Waals surface area contributed by atoms with E-state index in [9.17, 15) is 20.0 Å². The van der Waals surface area contributed by atoms with E-state index in [2.05, 4.69) is 0 Å². The Kier molecular flexibility index (Phi) is 3.44. The Balaban J connectivity index is 2.18. The number of rotatable bonds is 3. The molecular formula is C16H11NO5. The lowest BCUT2D eigenvalue weighted by Crippen LogP contribution is -2.15. The van der Waals surface area contributed by atoms with Gasteiger partial charge < -0.3 is 9.52 Å². The Morgan fingerprint density at radius 2 is 1.73 bits per heavy atom. The number of hydrogen-bond donors (Lipinski definition) is 1. The van der Waals surface area contributed by atoms with Crippen LogP contribution in [0.25, 0.3) is 11.0 Å². The van der Waals surface area contributed by atoms with E-state index >= 15 is 0 Å². The Bertz CT molecular complexity index is 916. The average Bonchev–Trinajstić information content (AvgIpc) is 2.55. The van der Waals surface area contributed by atoms with E-state index in [1.165, 1.54) is 18.2 Å². The average molecular weight is 297 g/mol. The lowest BCUT2D eigenvalue weighted by molar-refractivity contribution is -0.386. The first-order chi connectivity index (χ1) is 10.6. The number of para-hydroxylation sites is 2. The highest BCUT2D eigenvalue weighted by atomic mass is 16.6. The first-order valence-corrected chi connectivity index (χ1v) is 6.51. The zero-order chi connectivity index (χ0) is 15.7. The molecule has 3 rings (SSSR count). The minimum Gasteiger partial charge on any atom is -0.464 e. The molecule has 1 heterocycles. The third kappa shape index (κ3) is 2.25. The van der Waals surface area contributed by atoms with Gasteiger partial charge in [-0.1, -0.05) is 24.3 Å². The number of fused-ring (bicyclic) bond motifs is 1. The van der Waals surface area contributed by atoms with Crippen molar-refractivity contribution in [2.45, 2.75) is 6.10 Å². The van der Waals surface area contributed by atoms with Gasteiger partial charge in [-0.3, -0.25) is 14.9 Å². The molecule has 0 fully saturated rings. The van der Waals surface area contributed by atoms with Crippen LogP contribution in [0.4, 0.5) is 5.69 Å². The van der Waals surface area contributed by atoms with Crippen molar-refractivity contribution in [3.63, 3.8) is 0 Å². The monoisotopic (exact) mass is 297 g/mol. The smallest absolute Gasteiger partial charge is 0.275 e. The Labute approximate surface area is 124 Å². The van der Waals surface area contributed by atoms with Crippen LogP contribution in [0.2, 0.25) is 0 Å². The summed E-state index contributed by atoms with van der Waals surface area (Å²) in [6, 6.07) is 12.4. The van der Waals surface area contributed by atoms with Crippen molar-refractivity contribution in [2.75, 3.05) is 0 Å². The predicted molar refractivity (Wildman–Crippen MR) is 79.6 cm³/mol. The Morgan fingerprint density at radius 1 is 1.05 bits per heavy atom. The van der Waals surface area contributed by atoms with Crippen molar-refractivity contribution in [2.24, 2.45) is 0 Å². The van der Waals surface area contributed by atoms with Gasteiger partial charge >= 0.3 is 0 Å². The molecule has 0 saturated carbocycles. The highest BCUT2D eigenvalue weighted by molar-refractivity contribution is 5.76. The minimum atomic E-state index is -1.43. The first-order valence-electron chi connectivity index (χ1n) is 6.51. The normalized spacial score (nSPS) is 12.2. The van der Waals surface area contributed by atoms with Crippen LogP contribution in [0.5, 0.6) is 0 Å². The lowest BCUT2D eigenvalue weighted by atomic mass is 10.0. The summed E-state index contributed by atoms with van der Waals surface area (Å²) in [4.78, 5) is 22.9. The molecule has 1 atom stereocenters. The van der Waals surface area contributed by atoms with Gasteiger partial charge in [-0.15, -0.1) is 0 Å². The summed E-state index contributed by atoms with van der Waals surface area (Å²) < 4.78 is 5.34. The molecule has 1 aromatic heterocycles. The minimum absolute atomic E-state index is 0.0343. The van der Waals surface area contributed by atoms with Gasteiger partial charge in [-0.05, 0) is 18.2 Å². The van der Waals surface area contributed by atoms with E-state index in [-0.39, 0.29) is 16.8 Å². The summed E-state index contributed by atoms with van der Waals surface area (Å²) in [5, 5.41) is 21.8. The number of aliphatic hydroxyl groups is 1. The highest BCUT2D eigenvalue weighted by Gasteiger charge is 2.24. The van der Waals surface area contributed by atoms with Crippen LogP contribution in [0, 0.1) is 10.1 Å². The molecule has 3 aromatic rings. The summed E-state index contributed by atoms with van der Waals surface area (Å²) in [6.45, 7) is 0. The summed E-state index contributed by atoms with van der Waals surface area (Å²) in [5.41, 5.74) is -0.246. The molecule has 22 heavy (non-hydrogen) atoms. The predicted octanol–water partition coefficient (Wildman–Crippen LogP) is 2.78. The maximum absolute atomic E-state index is 12.4. The molecule has 1 unspecified atom stereocenters. The number of benzene rings is 2. The second-order valence-electron chi connectivity index (χ2n) is 4.73. The Hall–Kier alpha value is -2.99. The van der Waals surface area contributed by atoms with E-state index in [0.29, 0.717) is 11.0 Å². The third-order valence-electron chi connectivity index (χ3n) is 3.43. The van der Waals surface area contributed by atoms with Crippen LogP contribution in [-0.4, -0.2) is 10.0 Å². The molecule has 110 valence electrons. The molecule has 0 bridgehead atoms. The quantitative estimate of drug-likeness (QED) is 0.592. The van der Waals surface area contributed by atoms with Crippen LogP contribution in [0.15, 0.2) is 64.0 Å². The summed E-state index contributed by atoms with van der Waals surface area (Å²) >= 11 is 0. The zero-order valence-corrected chi connectivity index (χ0v) is 11.3. The summed E-state index contributed by atoms with van der Waals surface area (Å²) in [5.74, 6) is 0. The van der Waals surface area contributed by atoms with Gasteiger partial charge in [0.2, 0.25) is 0 Å². The van der Waals surface area contributed by atoms with Crippen molar-refractivity contribution >= 4 is 16.7 Å². The molecule has 6 heteroatoms. The van der Waals surface area contributed by atoms with Gasteiger partial charge in [0.15, 0.2) is 5.43 Å². The SMILES string of the molecule is O=c1c(C(O)c2ccccc2[N+](=O)[O-])coc2ccccc12. The molecule has 0 aliphatic heterocycles. The molecular weight excluding hydrogens is 286 g/mol. The molecule has 0 saturated heterocycles. The molecule has 1 N–H and O–H groups in total. The fourth-order valence-electron chi connectivity index (χ4n) is 2.33.